The minimum atomic E-state index is 0.481. The van der Waals surface area contributed by atoms with E-state index in [9.17, 15) is 0 Å². The number of aromatic nitrogens is 2. The van der Waals surface area contributed by atoms with Gasteiger partial charge in [0.25, 0.3) is 0 Å². The van der Waals surface area contributed by atoms with Gasteiger partial charge in [-0.25, -0.2) is 4.98 Å². The Labute approximate surface area is 168 Å². The fourth-order valence-electron chi connectivity index (χ4n) is 3.38. The lowest BCUT2D eigenvalue weighted by Gasteiger charge is -2.13. The highest BCUT2D eigenvalue weighted by Gasteiger charge is 2.18. The van der Waals surface area contributed by atoms with Gasteiger partial charge in [0, 0.05) is 35.2 Å². The number of furan rings is 1. The van der Waals surface area contributed by atoms with E-state index in [1.807, 2.05) is 37.3 Å². The predicted molar refractivity (Wildman–Crippen MR) is 111 cm³/mol. The summed E-state index contributed by atoms with van der Waals surface area (Å²) < 4.78 is 22.5. The van der Waals surface area contributed by atoms with Crippen molar-refractivity contribution in [3.05, 3.63) is 48.3 Å². The summed E-state index contributed by atoms with van der Waals surface area (Å²) in [5.41, 5.74) is 10.8. The molecule has 29 heavy (non-hydrogen) atoms. The highest BCUT2D eigenvalue weighted by molar-refractivity contribution is 5.93. The molecule has 4 rings (SSSR count). The molecule has 0 fully saturated rings. The number of anilines is 1. The molecule has 0 unspecified atom stereocenters. The van der Waals surface area contributed by atoms with E-state index < -0.39 is 0 Å². The summed E-state index contributed by atoms with van der Waals surface area (Å²) in [6, 6.07) is 9.32. The van der Waals surface area contributed by atoms with Gasteiger partial charge in [-0.3, -0.25) is 4.98 Å². The van der Waals surface area contributed by atoms with Crippen LogP contribution in [-0.2, 0) is 0 Å². The standard InChI is InChI=1S/C22H21N3O4/c1-12-7-20(23)25-11-15(12)14-5-6-24-16-10-17(29-21(14)16)13-8-18(26-2)22(28-4)19(9-13)27-3/h5-11H,1-4H3,(H2,23,25). The van der Waals surface area contributed by atoms with Gasteiger partial charge < -0.3 is 24.4 Å². The summed E-state index contributed by atoms with van der Waals surface area (Å²) in [6.07, 6.45) is 3.50. The van der Waals surface area contributed by atoms with Crippen molar-refractivity contribution in [2.24, 2.45) is 0 Å². The predicted octanol–water partition coefficient (Wildman–Crippen LogP) is 4.47. The zero-order chi connectivity index (χ0) is 20.5. The van der Waals surface area contributed by atoms with E-state index >= 15 is 0 Å². The van der Waals surface area contributed by atoms with Crippen LogP contribution in [0.5, 0.6) is 17.2 Å². The Hall–Kier alpha value is -3.74. The molecule has 7 heteroatoms. The molecule has 1 aromatic carbocycles. The van der Waals surface area contributed by atoms with Crippen molar-refractivity contribution in [1.29, 1.82) is 0 Å². The van der Waals surface area contributed by atoms with Crippen LogP contribution in [0.25, 0.3) is 33.6 Å². The van der Waals surface area contributed by atoms with Crippen LogP contribution in [0.4, 0.5) is 5.82 Å². The van der Waals surface area contributed by atoms with Crippen LogP contribution in [0.3, 0.4) is 0 Å². The number of fused-ring (bicyclic) bond motifs is 1. The zero-order valence-corrected chi connectivity index (χ0v) is 16.6. The number of rotatable bonds is 5. The highest BCUT2D eigenvalue weighted by atomic mass is 16.5. The molecular weight excluding hydrogens is 370 g/mol. The lowest BCUT2D eigenvalue weighted by molar-refractivity contribution is 0.324. The Bertz CT molecular complexity index is 1180. The maximum Gasteiger partial charge on any atom is 0.203 e. The molecule has 3 heterocycles. The van der Waals surface area contributed by atoms with Crippen molar-refractivity contribution in [2.75, 3.05) is 27.1 Å². The molecule has 0 aliphatic carbocycles. The molecule has 0 saturated carbocycles. The van der Waals surface area contributed by atoms with E-state index in [1.54, 1.807) is 33.7 Å². The maximum absolute atomic E-state index is 6.22. The molecule has 3 aromatic heterocycles. The molecule has 148 valence electrons. The molecule has 0 spiro atoms. The molecule has 0 atom stereocenters. The summed E-state index contributed by atoms with van der Waals surface area (Å²) in [5, 5.41) is 0. The van der Waals surface area contributed by atoms with Crippen molar-refractivity contribution >= 4 is 16.9 Å². The minimum Gasteiger partial charge on any atom is -0.493 e. The van der Waals surface area contributed by atoms with Gasteiger partial charge in [-0.15, -0.1) is 0 Å². The third-order valence-corrected chi connectivity index (χ3v) is 4.78. The molecule has 0 radical (unpaired) electrons. The number of nitrogens with two attached hydrogens (primary N) is 1. The van der Waals surface area contributed by atoms with E-state index in [4.69, 9.17) is 24.4 Å². The van der Waals surface area contributed by atoms with E-state index in [2.05, 4.69) is 9.97 Å². The Morgan fingerprint density at radius 3 is 2.24 bits per heavy atom. The van der Waals surface area contributed by atoms with Gasteiger partial charge >= 0.3 is 0 Å². The SMILES string of the molecule is COc1cc(-c2cc3nccc(-c4cnc(N)cc4C)c3o2)cc(OC)c1OC. The molecule has 0 saturated heterocycles. The molecule has 0 aliphatic heterocycles. The maximum atomic E-state index is 6.22. The fraction of sp³-hybridized carbons (Fsp3) is 0.182. The van der Waals surface area contributed by atoms with E-state index in [0.29, 0.717) is 34.4 Å². The van der Waals surface area contributed by atoms with Gasteiger partial charge in [0.2, 0.25) is 5.75 Å². The molecular formula is C22H21N3O4. The van der Waals surface area contributed by atoms with E-state index in [1.165, 1.54) is 0 Å². The Morgan fingerprint density at radius 2 is 1.62 bits per heavy atom. The number of pyridine rings is 2. The normalized spacial score (nSPS) is 10.9. The highest BCUT2D eigenvalue weighted by Crippen LogP contribution is 2.43. The molecule has 2 N–H and O–H groups in total. The number of ether oxygens (including phenoxy) is 3. The van der Waals surface area contributed by atoms with Gasteiger partial charge in [0.05, 0.1) is 21.3 Å². The molecule has 0 aliphatic rings. The third-order valence-electron chi connectivity index (χ3n) is 4.78. The first-order valence-corrected chi connectivity index (χ1v) is 8.97. The lowest BCUT2D eigenvalue weighted by Crippen LogP contribution is -1.95. The number of benzene rings is 1. The number of nitrogens with zero attached hydrogens (tertiary/aromatic N) is 2. The number of hydrogen-bond donors (Lipinski definition) is 1. The smallest absolute Gasteiger partial charge is 0.203 e. The minimum absolute atomic E-state index is 0.481. The topological polar surface area (TPSA) is 92.6 Å². The van der Waals surface area contributed by atoms with Gasteiger partial charge in [0.1, 0.15) is 17.1 Å². The third kappa shape index (κ3) is 3.20. The Balaban J connectivity index is 1.89. The summed E-state index contributed by atoms with van der Waals surface area (Å²) in [4.78, 5) is 8.67. The number of aryl methyl sites for hydroxylation is 1. The second-order valence-electron chi connectivity index (χ2n) is 6.52. The van der Waals surface area contributed by atoms with Crippen molar-refractivity contribution in [1.82, 2.24) is 9.97 Å². The van der Waals surface area contributed by atoms with Crippen molar-refractivity contribution in [2.45, 2.75) is 6.92 Å². The molecule has 0 bridgehead atoms. The van der Waals surface area contributed by atoms with Gasteiger partial charge in [-0.2, -0.15) is 0 Å². The first kappa shape index (κ1) is 18.6. The first-order chi connectivity index (χ1) is 14.0. The van der Waals surface area contributed by atoms with Gasteiger partial charge in [-0.05, 0) is 36.8 Å². The lowest BCUT2D eigenvalue weighted by atomic mass is 10.0. The second-order valence-corrected chi connectivity index (χ2v) is 6.52. The number of nitrogen functional groups attached to an aromatic ring is 1. The Morgan fingerprint density at radius 1 is 0.897 bits per heavy atom. The van der Waals surface area contributed by atoms with Crippen LogP contribution in [0.2, 0.25) is 0 Å². The second kappa shape index (κ2) is 7.35. The monoisotopic (exact) mass is 391 g/mol. The average Bonchev–Trinajstić information content (AvgIpc) is 3.17. The van der Waals surface area contributed by atoms with E-state index in [0.717, 1.165) is 27.8 Å². The van der Waals surface area contributed by atoms with Gasteiger partial charge in [0.15, 0.2) is 17.1 Å². The summed E-state index contributed by atoms with van der Waals surface area (Å²) >= 11 is 0. The largest absolute Gasteiger partial charge is 0.493 e. The number of hydrogen-bond acceptors (Lipinski definition) is 7. The molecule has 7 nitrogen and oxygen atoms in total. The van der Waals surface area contributed by atoms with Crippen LogP contribution in [0, 0.1) is 6.92 Å². The van der Waals surface area contributed by atoms with Crippen molar-refractivity contribution in [3.63, 3.8) is 0 Å². The summed E-state index contributed by atoms with van der Waals surface area (Å²) in [6.45, 7) is 1.99. The zero-order valence-electron chi connectivity index (χ0n) is 16.6. The van der Waals surface area contributed by atoms with Crippen LogP contribution in [0.15, 0.2) is 47.1 Å². The molecule has 4 aromatic rings. The van der Waals surface area contributed by atoms with Crippen LogP contribution < -0.4 is 19.9 Å². The quantitative estimate of drug-likeness (QED) is 0.536. The summed E-state index contributed by atoms with van der Waals surface area (Å²) in [5.74, 6) is 2.75. The van der Waals surface area contributed by atoms with Crippen LogP contribution in [-0.4, -0.2) is 31.3 Å². The van der Waals surface area contributed by atoms with Crippen LogP contribution >= 0.6 is 0 Å². The van der Waals surface area contributed by atoms with Gasteiger partial charge in [-0.1, -0.05) is 0 Å². The van der Waals surface area contributed by atoms with Crippen LogP contribution in [0.1, 0.15) is 5.56 Å². The fourth-order valence-corrected chi connectivity index (χ4v) is 3.38. The first-order valence-electron chi connectivity index (χ1n) is 8.97. The van der Waals surface area contributed by atoms with E-state index in [-0.39, 0.29) is 0 Å². The Kier molecular flexibility index (Phi) is 4.72. The average molecular weight is 391 g/mol. The van der Waals surface area contributed by atoms with Crippen molar-refractivity contribution < 1.29 is 18.6 Å². The summed E-state index contributed by atoms with van der Waals surface area (Å²) in [7, 11) is 4.73. The number of methoxy groups -OCH3 is 3. The van der Waals surface area contributed by atoms with Crippen molar-refractivity contribution in [3.8, 4) is 39.7 Å². The molecule has 0 amide bonds.